The minimum absolute atomic E-state index is 0.0826. The van der Waals surface area contributed by atoms with Crippen LogP contribution in [0.3, 0.4) is 0 Å². The van der Waals surface area contributed by atoms with Crippen LogP contribution in [0.15, 0.2) is 18.3 Å². The number of hydrogen-bond acceptors (Lipinski definition) is 2. The highest BCUT2D eigenvalue weighted by Crippen LogP contribution is 2.16. The van der Waals surface area contributed by atoms with Crippen molar-refractivity contribution < 1.29 is 4.39 Å². The number of nitrogens with one attached hydrogen (secondary N) is 1. The van der Waals surface area contributed by atoms with Gasteiger partial charge in [0.1, 0.15) is 0 Å². The first-order chi connectivity index (χ1) is 6.75. The van der Waals surface area contributed by atoms with Crippen molar-refractivity contribution in [3.63, 3.8) is 0 Å². The Balaban J connectivity index is 2.67. The summed E-state index contributed by atoms with van der Waals surface area (Å²) in [6.45, 7) is 0.872. The highest BCUT2D eigenvalue weighted by atomic mass is 35.5. The van der Waals surface area contributed by atoms with E-state index in [2.05, 4.69) is 10.3 Å². The molecule has 0 spiro atoms. The molecule has 4 heteroatoms. The maximum atomic E-state index is 13.2. The van der Waals surface area contributed by atoms with Crippen LogP contribution in [-0.4, -0.2) is 18.6 Å². The van der Waals surface area contributed by atoms with E-state index in [1.165, 1.54) is 6.20 Å². The third-order valence-electron chi connectivity index (χ3n) is 1.73. The van der Waals surface area contributed by atoms with E-state index in [1.807, 2.05) is 13.1 Å². The smallest absolute Gasteiger partial charge is 0.167 e. The Bertz CT molecular complexity index is 326. The second-order valence-electron chi connectivity index (χ2n) is 2.80. The zero-order chi connectivity index (χ0) is 10.4. The molecule has 1 heterocycles. The summed E-state index contributed by atoms with van der Waals surface area (Å²) < 4.78 is 13.2. The number of aromatic nitrogens is 1. The Morgan fingerprint density at radius 2 is 2.43 bits per heavy atom. The molecule has 0 aliphatic heterocycles. The molecule has 76 valence electrons. The summed E-state index contributed by atoms with van der Waals surface area (Å²) >= 11 is 5.52. The molecule has 0 radical (unpaired) electrons. The van der Waals surface area contributed by atoms with Gasteiger partial charge in [-0.05, 0) is 26.1 Å². The zero-order valence-corrected chi connectivity index (χ0v) is 8.68. The molecular weight excluding hydrogens is 203 g/mol. The summed E-state index contributed by atoms with van der Waals surface area (Å²) in [5.41, 5.74) is 0.473. The third-order valence-corrected chi connectivity index (χ3v) is 2.00. The van der Waals surface area contributed by atoms with Crippen LogP contribution in [0.25, 0.3) is 6.08 Å². The lowest BCUT2D eigenvalue weighted by Gasteiger charge is -1.97. The van der Waals surface area contributed by atoms with E-state index in [9.17, 15) is 4.39 Å². The van der Waals surface area contributed by atoms with Gasteiger partial charge < -0.3 is 5.32 Å². The van der Waals surface area contributed by atoms with Crippen LogP contribution in [0.4, 0.5) is 4.39 Å². The van der Waals surface area contributed by atoms with Gasteiger partial charge in [0.2, 0.25) is 0 Å². The normalized spacial score (nSPS) is 11.1. The molecule has 1 rings (SSSR count). The van der Waals surface area contributed by atoms with E-state index in [0.29, 0.717) is 5.56 Å². The Kier molecular flexibility index (Phi) is 4.56. The molecule has 0 fully saturated rings. The van der Waals surface area contributed by atoms with Gasteiger partial charge in [-0.3, -0.25) is 0 Å². The number of nitrogens with zero attached hydrogens (tertiary/aromatic N) is 1. The van der Waals surface area contributed by atoms with Crippen molar-refractivity contribution in [2.24, 2.45) is 0 Å². The van der Waals surface area contributed by atoms with Crippen LogP contribution >= 0.6 is 11.6 Å². The molecule has 0 unspecified atom stereocenters. The molecule has 0 aromatic carbocycles. The van der Waals surface area contributed by atoms with Gasteiger partial charge in [-0.1, -0.05) is 23.8 Å². The van der Waals surface area contributed by atoms with Crippen LogP contribution in [0.2, 0.25) is 5.15 Å². The zero-order valence-electron chi connectivity index (χ0n) is 7.93. The molecule has 2 nitrogen and oxygen atoms in total. The highest BCUT2D eigenvalue weighted by molar-refractivity contribution is 6.29. The SMILES string of the molecule is CNCCC=Cc1ccnc(Cl)c1F. The van der Waals surface area contributed by atoms with E-state index in [-0.39, 0.29) is 5.15 Å². The van der Waals surface area contributed by atoms with Crippen LogP contribution in [0, 0.1) is 5.82 Å². The first kappa shape index (κ1) is 11.1. The molecule has 0 atom stereocenters. The monoisotopic (exact) mass is 214 g/mol. The molecule has 0 aliphatic carbocycles. The lowest BCUT2D eigenvalue weighted by Crippen LogP contribution is -2.05. The minimum atomic E-state index is -0.463. The summed E-state index contributed by atoms with van der Waals surface area (Å²) in [4.78, 5) is 3.63. The maximum absolute atomic E-state index is 13.2. The summed E-state index contributed by atoms with van der Waals surface area (Å²) in [6.07, 6.45) is 5.95. The fourth-order valence-corrected chi connectivity index (χ4v) is 1.16. The lowest BCUT2D eigenvalue weighted by atomic mass is 10.2. The average Bonchev–Trinajstić information content (AvgIpc) is 2.19. The third kappa shape index (κ3) is 3.09. The van der Waals surface area contributed by atoms with Crippen molar-refractivity contribution in [1.29, 1.82) is 0 Å². The Morgan fingerprint density at radius 3 is 3.14 bits per heavy atom. The standard InChI is InChI=1S/C10H12ClFN2/c1-13-6-3-2-4-8-5-7-14-10(11)9(8)12/h2,4-5,7,13H,3,6H2,1H3. The van der Waals surface area contributed by atoms with Crippen molar-refractivity contribution in [3.8, 4) is 0 Å². The summed E-state index contributed by atoms with van der Waals surface area (Å²) in [7, 11) is 1.87. The number of rotatable bonds is 4. The van der Waals surface area contributed by atoms with E-state index in [1.54, 1.807) is 12.1 Å². The van der Waals surface area contributed by atoms with Gasteiger partial charge in [-0.2, -0.15) is 0 Å². The summed E-state index contributed by atoms with van der Waals surface area (Å²) in [5.74, 6) is -0.463. The number of pyridine rings is 1. The fraction of sp³-hybridized carbons (Fsp3) is 0.300. The van der Waals surface area contributed by atoms with Gasteiger partial charge in [-0.25, -0.2) is 9.37 Å². The minimum Gasteiger partial charge on any atom is -0.319 e. The summed E-state index contributed by atoms with van der Waals surface area (Å²) in [6, 6.07) is 1.59. The van der Waals surface area contributed by atoms with Crippen LogP contribution in [-0.2, 0) is 0 Å². The molecule has 1 aromatic heterocycles. The predicted molar refractivity (Wildman–Crippen MR) is 56.8 cm³/mol. The van der Waals surface area contributed by atoms with E-state index in [0.717, 1.165) is 13.0 Å². The molecule has 14 heavy (non-hydrogen) atoms. The number of halogens is 2. The molecule has 0 bridgehead atoms. The van der Waals surface area contributed by atoms with E-state index in [4.69, 9.17) is 11.6 Å². The molecular formula is C10H12ClFN2. The van der Waals surface area contributed by atoms with Gasteiger partial charge in [-0.15, -0.1) is 0 Å². The Labute approximate surface area is 87.8 Å². The van der Waals surface area contributed by atoms with Gasteiger partial charge >= 0.3 is 0 Å². The fourth-order valence-electron chi connectivity index (χ4n) is 0.999. The molecule has 0 amide bonds. The van der Waals surface area contributed by atoms with Crippen LogP contribution < -0.4 is 5.32 Å². The first-order valence-electron chi connectivity index (χ1n) is 4.37. The topological polar surface area (TPSA) is 24.9 Å². The van der Waals surface area contributed by atoms with Crippen LogP contribution in [0.1, 0.15) is 12.0 Å². The largest absolute Gasteiger partial charge is 0.319 e. The second kappa shape index (κ2) is 5.73. The Morgan fingerprint density at radius 1 is 1.64 bits per heavy atom. The van der Waals surface area contributed by atoms with Gasteiger partial charge in [0.05, 0.1) is 0 Å². The maximum Gasteiger partial charge on any atom is 0.167 e. The number of hydrogen-bond donors (Lipinski definition) is 1. The van der Waals surface area contributed by atoms with Crippen molar-refractivity contribution in [2.75, 3.05) is 13.6 Å². The summed E-state index contributed by atoms with van der Waals surface area (Å²) in [5, 5.41) is 2.91. The van der Waals surface area contributed by atoms with Crippen molar-refractivity contribution in [3.05, 3.63) is 34.9 Å². The van der Waals surface area contributed by atoms with Gasteiger partial charge in [0.25, 0.3) is 0 Å². The lowest BCUT2D eigenvalue weighted by molar-refractivity contribution is 0.619. The Hall–Kier alpha value is -0.930. The van der Waals surface area contributed by atoms with E-state index < -0.39 is 5.82 Å². The van der Waals surface area contributed by atoms with Gasteiger partial charge in [0.15, 0.2) is 11.0 Å². The highest BCUT2D eigenvalue weighted by Gasteiger charge is 2.03. The van der Waals surface area contributed by atoms with Crippen LogP contribution in [0.5, 0.6) is 0 Å². The second-order valence-corrected chi connectivity index (χ2v) is 3.16. The first-order valence-corrected chi connectivity index (χ1v) is 4.74. The predicted octanol–water partition coefficient (Wildman–Crippen LogP) is 2.50. The van der Waals surface area contributed by atoms with E-state index >= 15 is 0 Å². The molecule has 0 aliphatic rings. The molecule has 1 aromatic rings. The van der Waals surface area contributed by atoms with Gasteiger partial charge in [0, 0.05) is 11.8 Å². The quantitative estimate of drug-likeness (QED) is 0.616. The molecule has 0 saturated heterocycles. The average molecular weight is 215 g/mol. The molecule has 0 saturated carbocycles. The van der Waals surface area contributed by atoms with Crippen molar-refractivity contribution in [2.45, 2.75) is 6.42 Å². The molecule has 1 N–H and O–H groups in total. The van der Waals surface area contributed by atoms with Crippen molar-refractivity contribution in [1.82, 2.24) is 10.3 Å². The van der Waals surface area contributed by atoms with Crippen molar-refractivity contribution >= 4 is 17.7 Å².